The van der Waals surface area contributed by atoms with E-state index < -0.39 is 0 Å². The molecule has 0 saturated heterocycles. The van der Waals surface area contributed by atoms with Crippen molar-refractivity contribution >= 4 is 15.9 Å². The van der Waals surface area contributed by atoms with Gasteiger partial charge >= 0.3 is 0 Å². The van der Waals surface area contributed by atoms with Gasteiger partial charge in [0.15, 0.2) is 11.5 Å². The van der Waals surface area contributed by atoms with Crippen LogP contribution in [0.2, 0.25) is 0 Å². The van der Waals surface area contributed by atoms with Crippen LogP contribution in [0.25, 0.3) is 0 Å². The first-order valence-corrected chi connectivity index (χ1v) is 6.56. The predicted octanol–water partition coefficient (Wildman–Crippen LogP) is 2.27. The summed E-state index contributed by atoms with van der Waals surface area (Å²) in [4.78, 5) is 0. The van der Waals surface area contributed by atoms with Crippen molar-refractivity contribution in [2.75, 3.05) is 20.3 Å². The van der Waals surface area contributed by atoms with Gasteiger partial charge in [-0.2, -0.15) is 0 Å². The fourth-order valence-corrected chi connectivity index (χ4v) is 1.98. The zero-order valence-electron chi connectivity index (χ0n) is 11.0. The number of hydrogen-bond donors (Lipinski definition) is 3. The Balaban J connectivity index is 2.66. The highest BCUT2D eigenvalue weighted by atomic mass is 79.9. The number of nitrogens with one attached hydrogen (secondary N) is 1. The van der Waals surface area contributed by atoms with E-state index in [0.717, 1.165) is 5.56 Å². The number of aliphatic hydroxyl groups is 1. The zero-order chi connectivity index (χ0) is 13.8. The molecule has 0 spiro atoms. The van der Waals surface area contributed by atoms with Crippen molar-refractivity contribution in [1.29, 1.82) is 0 Å². The molecule has 1 aromatic carbocycles. The highest BCUT2D eigenvalue weighted by molar-refractivity contribution is 9.10. The molecule has 3 N–H and O–H groups in total. The second kappa shape index (κ2) is 6.41. The Morgan fingerprint density at radius 3 is 2.61 bits per heavy atom. The average molecular weight is 318 g/mol. The molecule has 4 nitrogen and oxygen atoms in total. The molecule has 1 rings (SSSR count). The monoisotopic (exact) mass is 317 g/mol. The van der Waals surface area contributed by atoms with Crippen molar-refractivity contribution in [2.45, 2.75) is 20.4 Å². The fourth-order valence-electron chi connectivity index (χ4n) is 1.49. The summed E-state index contributed by atoms with van der Waals surface area (Å²) in [5.74, 6) is 0.555. The lowest BCUT2D eigenvalue weighted by Crippen LogP contribution is -2.31. The number of phenolic OH excluding ortho intramolecular Hbond substituents is 1. The third-order valence-corrected chi connectivity index (χ3v) is 3.27. The number of aromatic hydroxyl groups is 1. The summed E-state index contributed by atoms with van der Waals surface area (Å²) in [5, 5.41) is 22.1. The van der Waals surface area contributed by atoms with E-state index in [1.165, 1.54) is 7.11 Å². The molecular formula is C13H20BrNO3. The molecule has 0 aliphatic heterocycles. The first kappa shape index (κ1) is 15.3. The molecule has 18 heavy (non-hydrogen) atoms. The van der Waals surface area contributed by atoms with Gasteiger partial charge < -0.3 is 20.3 Å². The van der Waals surface area contributed by atoms with Gasteiger partial charge in [-0.1, -0.05) is 13.8 Å². The first-order chi connectivity index (χ1) is 8.39. The van der Waals surface area contributed by atoms with E-state index in [9.17, 15) is 5.11 Å². The van der Waals surface area contributed by atoms with Crippen molar-refractivity contribution in [1.82, 2.24) is 5.32 Å². The molecule has 0 heterocycles. The summed E-state index contributed by atoms with van der Waals surface area (Å²) < 4.78 is 5.70. The van der Waals surface area contributed by atoms with Crippen LogP contribution in [0, 0.1) is 5.41 Å². The van der Waals surface area contributed by atoms with E-state index in [-0.39, 0.29) is 17.8 Å². The van der Waals surface area contributed by atoms with Crippen LogP contribution >= 0.6 is 15.9 Å². The number of phenols is 1. The lowest BCUT2D eigenvalue weighted by molar-refractivity contribution is 0.156. The number of ether oxygens (including phenoxy) is 1. The maximum Gasteiger partial charge on any atom is 0.172 e. The van der Waals surface area contributed by atoms with Crippen LogP contribution in [0.3, 0.4) is 0 Å². The quantitative estimate of drug-likeness (QED) is 0.753. The van der Waals surface area contributed by atoms with Gasteiger partial charge in [0.1, 0.15) is 0 Å². The summed E-state index contributed by atoms with van der Waals surface area (Å²) in [6.45, 7) is 5.49. The minimum absolute atomic E-state index is 0.108. The van der Waals surface area contributed by atoms with Gasteiger partial charge in [0.25, 0.3) is 0 Å². The van der Waals surface area contributed by atoms with Crippen LogP contribution in [-0.4, -0.2) is 30.5 Å². The molecule has 0 bridgehead atoms. The van der Waals surface area contributed by atoms with Crippen LogP contribution in [0.5, 0.6) is 11.5 Å². The van der Waals surface area contributed by atoms with Gasteiger partial charge in [0, 0.05) is 25.1 Å². The number of halogens is 1. The van der Waals surface area contributed by atoms with Crippen molar-refractivity contribution in [3.05, 3.63) is 22.2 Å². The second-order valence-electron chi connectivity index (χ2n) is 5.05. The van der Waals surface area contributed by atoms with Crippen LogP contribution in [0.1, 0.15) is 19.4 Å². The number of hydrogen-bond acceptors (Lipinski definition) is 4. The molecular weight excluding hydrogens is 298 g/mol. The third-order valence-electron chi connectivity index (χ3n) is 2.67. The third kappa shape index (κ3) is 4.15. The standard InChI is InChI=1S/C13H20BrNO3/c1-13(2,8-16)7-15-6-9-4-10(14)12(17)11(5-9)18-3/h4-5,15-17H,6-8H2,1-3H3. The van der Waals surface area contributed by atoms with Crippen LogP contribution < -0.4 is 10.1 Å². The van der Waals surface area contributed by atoms with E-state index >= 15 is 0 Å². The number of aliphatic hydroxyl groups excluding tert-OH is 1. The summed E-state index contributed by atoms with van der Waals surface area (Å²) in [6.07, 6.45) is 0. The highest BCUT2D eigenvalue weighted by Crippen LogP contribution is 2.35. The lowest BCUT2D eigenvalue weighted by atomic mass is 9.95. The van der Waals surface area contributed by atoms with Crippen LogP contribution in [-0.2, 0) is 6.54 Å². The van der Waals surface area contributed by atoms with Crippen LogP contribution in [0.4, 0.5) is 0 Å². The summed E-state index contributed by atoms with van der Waals surface area (Å²) in [7, 11) is 1.52. The molecule has 102 valence electrons. The SMILES string of the molecule is COc1cc(CNCC(C)(C)CO)cc(Br)c1O. The fraction of sp³-hybridized carbons (Fsp3) is 0.538. The molecule has 0 amide bonds. The van der Waals surface area contributed by atoms with Gasteiger partial charge in [-0.15, -0.1) is 0 Å². The Hall–Kier alpha value is -0.780. The molecule has 1 aromatic rings. The van der Waals surface area contributed by atoms with Gasteiger partial charge in [-0.05, 0) is 33.6 Å². The lowest BCUT2D eigenvalue weighted by Gasteiger charge is -2.22. The van der Waals surface area contributed by atoms with E-state index in [4.69, 9.17) is 9.84 Å². The smallest absolute Gasteiger partial charge is 0.172 e. The molecule has 0 atom stereocenters. The topological polar surface area (TPSA) is 61.7 Å². The van der Waals surface area contributed by atoms with E-state index in [2.05, 4.69) is 21.2 Å². The maximum atomic E-state index is 9.69. The normalized spacial score (nSPS) is 11.6. The van der Waals surface area contributed by atoms with Gasteiger partial charge in [-0.25, -0.2) is 0 Å². The average Bonchev–Trinajstić information content (AvgIpc) is 2.33. The molecule has 0 fully saturated rings. The number of rotatable bonds is 6. The molecule has 0 unspecified atom stereocenters. The zero-order valence-corrected chi connectivity index (χ0v) is 12.5. The predicted molar refractivity (Wildman–Crippen MR) is 74.9 cm³/mol. The molecule has 0 aromatic heterocycles. The van der Waals surface area contributed by atoms with Gasteiger partial charge in [0.2, 0.25) is 0 Å². The summed E-state index contributed by atoms with van der Waals surface area (Å²) in [6, 6.07) is 3.63. The van der Waals surface area contributed by atoms with Gasteiger partial charge in [-0.3, -0.25) is 0 Å². The highest BCUT2D eigenvalue weighted by Gasteiger charge is 2.15. The van der Waals surface area contributed by atoms with E-state index in [1.807, 2.05) is 19.9 Å². The number of methoxy groups -OCH3 is 1. The van der Waals surface area contributed by atoms with Crippen molar-refractivity contribution in [3.8, 4) is 11.5 Å². The van der Waals surface area contributed by atoms with Crippen molar-refractivity contribution < 1.29 is 14.9 Å². The Morgan fingerprint density at radius 2 is 2.06 bits per heavy atom. The Kier molecular flexibility index (Phi) is 5.44. The molecule has 0 aliphatic rings. The largest absolute Gasteiger partial charge is 0.503 e. The van der Waals surface area contributed by atoms with Crippen molar-refractivity contribution in [3.63, 3.8) is 0 Å². The van der Waals surface area contributed by atoms with E-state index in [1.54, 1.807) is 6.07 Å². The summed E-state index contributed by atoms with van der Waals surface area (Å²) in [5.41, 5.74) is 0.864. The summed E-state index contributed by atoms with van der Waals surface area (Å²) >= 11 is 3.29. The molecule has 0 aliphatic carbocycles. The maximum absolute atomic E-state index is 9.69. The second-order valence-corrected chi connectivity index (χ2v) is 5.91. The molecule has 0 saturated carbocycles. The van der Waals surface area contributed by atoms with Crippen LogP contribution in [0.15, 0.2) is 16.6 Å². The van der Waals surface area contributed by atoms with E-state index in [0.29, 0.717) is 23.3 Å². The first-order valence-electron chi connectivity index (χ1n) is 5.76. The minimum Gasteiger partial charge on any atom is -0.503 e. The Labute approximate surface area is 116 Å². The molecule has 0 radical (unpaired) electrons. The van der Waals surface area contributed by atoms with Crippen molar-refractivity contribution in [2.24, 2.45) is 5.41 Å². The number of benzene rings is 1. The van der Waals surface area contributed by atoms with Gasteiger partial charge in [0.05, 0.1) is 11.6 Å². The Bertz CT molecular complexity index is 407. The molecule has 5 heteroatoms. The minimum atomic E-state index is -0.141. The Morgan fingerprint density at radius 1 is 1.39 bits per heavy atom.